The highest BCUT2D eigenvalue weighted by Crippen LogP contribution is 2.13. The summed E-state index contributed by atoms with van der Waals surface area (Å²) < 4.78 is 0. The Morgan fingerprint density at radius 3 is 2.20 bits per heavy atom. The number of benzene rings is 2. The number of hydrogen-bond donors (Lipinski definition) is 3. The van der Waals surface area contributed by atoms with Crippen LogP contribution >= 0.6 is 0 Å². The van der Waals surface area contributed by atoms with Crippen molar-refractivity contribution in [2.24, 2.45) is 10.7 Å². The Kier molecular flexibility index (Phi) is 8.27. The minimum absolute atomic E-state index is 0.415. The predicted molar refractivity (Wildman–Crippen MR) is 122 cm³/mol. The van der Waals surface area contributed by atoms with E-state index in [1.165, 1.54) is 43.5 Å². The van der Waals surface area contributed by atoms with Gasteiger partial charge in [-0.3, -0.25) is 9.69 Å². The molecule has 1 aliphatic heterocycles. The number of piperidine rings is 1. The van der Waals surface area contributed by atoms with Crippen molar-refractivity contribution in [2.75, 3.05) is 19.6 Å². The highest BCUT2D eigenvalue weighted by Gasteiger charge is 2.10. The number of guanidine groups is 1. The van der Waals surface area contributed by atoms with Gasteiger partial charge in [0.25, 0.3) is 0 Å². The van der Waals surface area contributed by atoms with Gasteiger partial charge in [-0.2, -0.15) is 0 Å². The Labute approximate surface area is 179 Å². The maximum absolute atomic E-state index is 11.2. The number of hydrogen-bond acceptors (Lipinski definition) is 3. The van der Waals surface area contributed by atoms with Gasteiger partial charge < -0.3 is 16.4 Å². The van der Waals surface area contributed by atoms with Crippen molar-refractivity contribution < 1.29 is 4.79 Å². The Morgan fingerprint density at radius 1 is 0.933 bits per heavy atom. The number of likely N-dealkylation sites (tertiary alicyclic amines) is 1. The second-order valence-corrected chi connectivity index (χ2v) is 7.76. The molecule has 6 heteroatoms. The molecular weight excluding hydrogens is 374 g/mol. The standard InChI is InChI=1S/C24H33N5O/c1-2-26-24(28-17-20-10-12-22(13-11-20)23(25)30)27-16-19-6-8-21(9-7-19)18-29-14-4-3-5-15-29/h6-13H,2-5,14-18H2,1H3,(H2,25,30)(H2,26,27,28). The molecule has 0 saturated carbocycles. The minimum atomic E-state index is -0.415. The lowest BCUT2D eigenvalue weighted by Gasteiger charge is -2.26. The second-order valence-electron chi connectivity index (χ2n) is 7.76. The van der Waals surface area contributed by atoms with Gasteiger partial charge in [0.1, 0.15) is 0 Å². The molecule has 160 valence electrons. The lowest BCUT2D eigenvalue weighted by molar-refractivity contribution is 0.100. The Hall–Kier alpha value is -2.86. The summed E-state index contributed by atoms with van der Waals surface area (Å²) in [5.74, 6) is 0.357. The van der Waals surface area contributed by atoms with Crippen LogP contribution in [0.1, 0.15) is 53.2 Å². The smallest absolute Gasteiger partial charge is 0.248 e. The van der Waals surface area contributed by atoms with Crippen LogP contribution in [0.4, 0.5) is 0 Å². The van der Waals surface area contributed by atoms with Crippen LogP contribution in [0.2, 0.25) is 0 Å². The number of carbonyl (C=O) groups excluding carboxylic acids is 1. The monoisotopic (exact) mass is 407 g/mol. The summed E-state index contributed by atoms with van der Waals surface area (Å²) in [7, 11) is 0. The molecule has 30 heavy (non-hydrogen) atoms. The molecule has 0 radical (unpaired) electrons. The summed E-state index contributed by atoms with van der Waals surface area (Å²) in [5, 5.41) is 6.67. The zero-order valence-electron chi connectivity index (χ0n) is 17.9. The van der Waals surface area contributed by atoms with Crippen LogP contribution in [-0.4, -0.2) is 36.4 Å². The largest absolute Gasteiger partial charge is 0.366 e. The number of primary amides is 1. The number of rotatable bonds is 8. The SMILES string of the molecule is CCNC(=NCc1ccc(C(N)=O)cc1)NCc1ccc(CN2CCCCC2)cc1. The highest BCUT2D eigenvalue weighted by atomic mass is 16.1. The summed E-state index contributed by atoms with van der Waals surface area (Å²) in [5.41, 5.74) is 9.43. The zero-order valence-corrected chi connectivity index (χ0v) is 17.9. The Bertz CT molecular complexity index is 824. The van der Waals surface area contributed by atoms with Crippen LogP contribution in [0.25, 0.3) is 0 Å². The summed E-state index contributed by atoms with van der Waals surface area (Å²) in [6.45, 7) is 7.58. The fourth-order valence-electron chi connectivity index (χ4n) is 3.61. The average Bonchev–Trinajstić information content (AvgIpc) is 2.77. The molecule has 0 unspecified atom stereocenters. The molecule has 6 nitrogen and oxygen atoms in total. The van der Waals surface area contributed by atoms with Crippen LogP contribution in [0.3, 0.4) is 0 Å². The van der Waals surface area contributed by atoms with E-state index in [2.05, 4.69) is 44.8 Å². The van der Waals surface area contributed by atoms with Gasteiger partial charge in [-0.1, -0.05) is 42.8 Å². The first-order valence-electron chi connectivity index (χ1n) is 10.8. The summed E-state index contributed by atoms with van der Waals surface area (Å²) in [6.07, 6.45) is 4.02. The van der Waals surface area contributed by atoms with Gasteiger partial charge in [-0.25, -0.2) is 4.99 Å². The third-order valence-corrected chi connectivity index (χ3v) is 5.34. The minimum Gasteiger partial charge on any atom is -0.366 e. The Balaban J connectivity index is 1.51. The van der Waals surface area contributed by atoms with Crippen molar-refractivity contribution in [2.45, 2.75) is 45.8 Å². The van der Waals surface area contributed by atoms with Crippen molar-refractivity contribution in [1.29, 1.82) is 0 Å². The van der Waals surface area contributed by atoms with Gasteiger partial charge in [0, 0.05) is 25.2 Å². The van der Waals surface area contributed by atoms with E-state index in [0.717, 1.165) is 31.2 Å². The molecule has 2 aromatic carbocycles. The predicted octanol–water partition coefficient (Wildman–Crippen LogP) is 3.03. The normalized spacial score (nSPS) is 15.0. The molecule has 4 N–H and O–H groups in total. The lowest BCUT2D eigenvalue weighted by Crippen LogP contribution is -2.36. The van der Waals surface area contributed by atoms with Crippen LogP contribution in [0.5, 0.6) is 0 Å². The molecule has 0 bridgehead atoms. The van der Waals surface area contributed by atoms with E-state index in [-0.39, 0.29) is 0 Å². The van der Waals surface area contributed by atoms with E-state index in [0.29, 0.717) is 12.1 Å². The van der Waals surface area contributed by atoms with Crippen LogP contribution < -0.4 is 16.4 Å². The van der Waals surface area contributed by atoms with Gasteiger partial charge in [-0.15, -0.1) is 0 Å². The maximum atomic E-state index is 11.2. The van der Waals surface area contributed by atoms with Crippen LogP contribution in [0, 0.1) is 0 Å². The van der Waals surface area contributed by atoms with Gasteiger partial charge in [0.2, 0.25) is 5.91 Å². The molecule has 1 amide bonds. The van der Waals surface area contributed by atoms with Crippen LogP contribution in [-0.2, 0) is 19.6 Å². The van der Waals surface area contributed by atoms with Crippen molar-refractivity contribution in [3.63, 3.8) is 0 Å². The number of nitrogens with zero attached hydrogens (tertiary/aromatic N) is 2. The molecule has 1 saturated heterocycles. The molecule has 2 aromatic rings. The number of nitrogens with two attached hydrogens (primary N) is 1. The number of amides is 1. The molecular formula is C24H33N5O. The molecule has 0 aliphatic carbocycles. The number of nitrogens with one attached hydrogen (secondary N) is 2. The number of aliphatic imine (C=N–C) groups is 1. The van der Waals surface area contributed by atoms with E-state index < -0.39 is 5.91 Å². The van der Waals surface area contributed by atoms with Crippen molar-refractivity contribution in [1.82, 2.24) is 15.5 Å². The average molecular weight is 408 g/mol. The molecule has 1 heterocycles. The molecule has 0 spiro atoms. The van der Waals surface area contributed by atoms with Gasteiger partial charge in [-0.05, 0) is 61.7 Å². The van der Waals surface area contributed by atoms with Crippen molar-refractivity contribution in [3.8, 4) is 0 Å². The molecule has 1 aliphatic rings. The second kappa shape index (κ2) is 11.4. The van der Waals surface area contributed by atoms with E-state index in [1.54, 1.807) is 12.1 Å². The third-order valence-electron chi connectivity index (χ3n) is 5.34. The fourth-order valence-corrected chi connectivity index (χ4v) is 3.61. The summed E-state index contributed by atoms with van der Waals surface area (Å²) >= 11 is 0. The topological polar surface area (TPSA) is 82.7 Å². The molecule has 0 atom stereocenters. The quantitative estimate of drug-likeness (QED) is 0.464. The van der Waals surface area contributed by atoms with Crippen molar-refractivity contribution in [3.05, 3.63) is 70.8 Å². The maximum Gasteiger partial charge on any atom is 0.248 e. The molecule has 1 fully saturated rings. The van der Waals surface area contributed by atoms with E-state index in [1.807, 2.05) is 19.1 Å². The van der Waals surface area contributed by atoms with Crippen LogP contribution in [0.15, 0.2) is 53.5 Å². The van der Waals surface area contributed by atoms with E-state index in [9.17, 15) is 4.79 Å². The summed E-state index contributed by atoms with van der Waals surface area (Å²) in [4.78, 5) is 18.4. The third kappa shape index (κ3) is 6.88. The zero-order chi connectivity index (χ0) is 21.2. The lowest BCUT2D eigenvalue weighted by atomic mass is 10.1. The fraction of sp³-hybridized carbons (Fsp3) is 0.417. The highest BCUT2D eigenvalue weighted by molar-refractivity contribution is 5.92. The Morgan fingerprint density at radius 2 is 1.57 bits per heavy atom. The number of carbonyl (C=O) groups is 1. The van der Waals surface area contributed by atoms with Crippen molar-refractivity contribution >= 4 is 11.9 Å². The van der Waals surface area contributed by atoms with Gasteiger partial charge >= 0.3 is 0 Å². The van der Waals surface area contributed by atoms with Gasteiger partial charge in [0.15, 0.2) is 5.96 Å². The molecule has 3 rings (SSSR count). The van der Waals surface area contributed by atoms with E-state index in [4.69, 9.17) is 5.73 Å². The first-order chi connectivity index (χ1) is 14.6. The molecule has 0 aromatic heterocycles. The summed E-state index contributed by atoms with van der Waals surface area (Å²) in [6, 6.07) is 16.1. The van der Waals surface area contributed by atoms with Gasteiger partial charge in [0.05, 0.1) is 6.54 Å². The van der Waals surface area contributed by atoms with E-state index >= 15 is 0 Å². The first-order valence-corrected chi connectivity index (χ1v) is 10.8. The first kappa shape index (κ1) is 21.8.